The summed E-state index contributed by atoms with van der Waals surface area (Å²) < 4.78 is 13.2. The summed E-state index contributed by atoms with van der Waals surface area (Å²) in [6.07, 6.45) is 3.32. The van der Waals surface area contributed by atoms with E-state index in [1.165, 1.54) is 11.3 Å². The average molecular weight is 379 g/mol. The lowest BCUT2D eigenvalue weighted by molar-refractivity contribution is 0.0476. The van der Waals surface area contributed by atoms with Gasteiger partial charge < -0.3 is 9.47 Å². The fraction of sp³-hybridized carbons (Fsp3) is 0.150. The molecular formula is C20H17N3O3S. The van der Waals surface area contributed by atoms with Crippen LogP contribution in [-0.2, 0) is 18.4 Å². The molecule has 0 amide bonds. The van der Waals surface area contributed by atoms with Crippen molar-refractivity contribution in [1.29, 1.82) is 0 Å². The molecule has 0 radical (unpaired) electrons. The Morgan fingerprint density at radius 3 is 2.85 bits per heavy atom. The molecule has 1 aromatic carbocycles. The van der Waals surface area contributed by atoms with Crippen LogP contribution < -0.4 is 4.74 Å². The molecule has 0 unspecified atom stereocenters. The molecule has 4 aromatic rings. The van der Waals surface area contributed by atoms with Crippen molar-refractivity contribution in [2.24, 2.45) is 7.05 Å². The minimum atomic E-state index is -0.355. The smallest absolute Gasteiger partial charge is 0.348 e. The zero-order valence-corrected chi connectivity index (χ0v) is 15.7. The topological polar surface area (TPSA) is 66.2 Å². The number of hydrogen-bond donors (Lipinski definition) is 0. The number of carbonyl (C=O) groups excluding carboxylic acids is 1. The molecule has 0 fully saturated rings. The number of ether oxygens (including phenoxy) is 2. The van der Waals surface area contributed by atoms with Crippen molar-refractivity contribution < 1.29 is 14.3 Å². The number of aromatic nitrogens is 3. The lowest BCUT2D eigenvalue weighted by Crippen LogP contribution is -2.04. The molecule has 0 aliphatic carbocycles. The Morgan fingerprint density at radius 1 is 1.22 bits per heavy atom. The number of nitrogens with zero attached hydrogens (tertiary/aromatic N) is 3. The number of thiophene rings is 1. The second kappa shape index (κ2) is 7.20. The number of fused-ring (bicyclic) bond motifs is 1. The molecule has 3 aromatic heterocycles. The van der Waals surface area contributed by atoms with Crippen LogP contribution in [0.5, 0.6) is 11.5 Å². The molecule has 0 saturated carbocycles. The minimum absolute atomic E-state index is 0.126. The fourth-order valence-corrected chi connectivity index (χ4v) is 3.79. The first-order valence-electron chi connectivity index (χ1n) is 8.38. The van der Waals surface area contributed by atoms with Crippen molar-refractivity contribution in [2.45, 2.75) is 13.5 Å². The lowest BCUT2D eigenvalue weighted by Gasteiger charge is -2.11. The molecule has 0 aliphatic rings. The van der Waals surface area contributed by atoms with Gasteiger partial charge in [0.05, 0.1) is 11.9 Å². The third kappa shape index (κ3) is 3.54. The van der Waals surface area contributed by atoms with Gasteiger partial charge in [0.25, 0.3) is 0 Å². The number of aryl methyl sites for hydroxylation is 2. The zero-order valence-electron chi connectivity index (χ0n) is 14.9. The summed E-state index contributed by atoms with van der Waals surface area (Å²) in [4.78, 5) is 18.0. The Hall–Kier alpha value is -3.19. The highest BCUT2D eigenvalue weighted by molar-refractivity contribution is 7.20. The van der Waals surface area contributed by atoms with Crippen LogP contribution in [0.15, 0.2) is 54.9 Å². The number of rotatable bonds is 5. The Labute approximate surface area is 160 Å². The molecule has 0 saturated heterocycles. The number of benzene rings is 1. The van der Waals surface area contributed by atoms with E-state index in [2.05, 4.69) is 10.1 Å². The van der Waals surface area contributed by atoms with Gasteiger partial charge in [0.15, 0.2) is 0 Å². The van der Waals surface area contributed by atoms with Gasteiger partial charge in [0.1, 0.15) is 27.8 Å². The van der Waals surface area contributed by atoms with Gasteiger partial charge in [-0.3, -0.25) is 9.67 Å². The summed E-state index contributed by atoms with van der Waals surface area (Å²) in [5, 5.41) is 5.33. The zero-order chi connectivity index (χ0) is 18.8. The Bertz CT molecular complexity index is 1070. The van der Waals surface area contributed by atoms with Crippen molar-refractivity contribution in [3.63, 3.8) is 0 Å². The predicted octanol–water partition coefficient (Wildman–Crippen LogP) is 4.49. The fourth-order valence-electron chi connectivity index (χ4n) is 2.78. The molecule has 6 nitrogen and oxygen atoms in total. The molecule has 0 aliphatic heterocycles. The maximum atomic E-state index is 12.5. The van der Waals surface area contributed by atoms with Gasteiger partial charge in [-0.1, -0.05) is 18.2 Å². The number of para-hydroxylation sites is 1. The largest absolute Gasteiger partial charge is 0.456 e. The quantitative estimate of drug-likeness (QED) is 0.478. The molecule has 27 heavy (non-hydrogen) atoms. The standard InChI is InChI=1S/C20H17N3O3S/c1-13-16-10-18(27-19(16)23(2)22-13)20(24)25-12-14-6-3-4-8-17(14)26-15-7-5-9-21-11-15/h3-11H,12H2,1-2H3. The maximum Gasteiger partial charge on any atom is 0.348 e. The van der Waals surface area contributed by atoms with Crippen molar-refractivity contribution in [1.82, 2.24) is 14.8 Å². The molecule has 4 rings (SSSR count). The summed E-state index contributed by atoms with van der Waals surface area (Å²) >= 11 is 1.38. The van der Waals surface area contributed by atoms with E-state index in [9.17, 15) is 4.79 Å². The van der Waals surface area contributed by atoms with Crippen LogP contribution >= 0.6 is 11.3 Å². The highest BCUT2D eigenvalue weighted by Crippen LogP contribution is 2.29. The molecule has 136 valence electrons. The molecule has 0 atom stereocenters. The molecule has 0 spiro atoms. The maximum absolute atomic E-state index is 12.5. The first-order valence-corrected chi connectivity index (χ1v) is 9.19. The van der Waals surface area contributed by atoms with Crippen molar-refractivity contribution in [3.05, 3.63) is 71.0 Å². The van der Waals surface area contributed by atoms with E-state index in [1.54, 1.807) is 23.1 Å². The molecule has 7 heteroatoms. The van der Waals surface area contributed by atoms with Crippen LogP contribution in [-0.4, -0.2) is 20.7 Å². The molecule has 0 N–H and O–H groups in total. The van der Waals surface area contributed by atoms with Gasteiger partial charge in [0.2, 0.25) is 0 Å². The van der Waals surface area contributed by atoms with E-state index in [1.807, 2.05) is 50.4 Å². The normalized spacial score (nSPS) is 10.9. The second-order valence-corrected chi connectivity index (χ2v) is 7.04. The van der Waals surface area contributed by atoms with Gasteiger partial charge >= 0.3 is 5.97 Å². The highest BCUT2D eigenvalue weighted by Gasteiger charge is 2.17. The molecular weight excluding hydrogens is 362 g/mol. The summed E-state index contributed by atoms with van der Waals surface area (Å²) in [5.74, 6) is 0.908. The Kier molecular flexibility index (Phi) is 4.60. The average Bonchev–Trinajstić information content (AvgIpc) is 3.23. The van der Waals surface area contributed by atoms with E-state index in [-0.39, 0.29) is 12.6 Å². The second-order valence-electron chi connectivity index (χ2n) is 6.01. The number of carbonyl (C=O) groups is 1. The van der Waals surface area contributed by atoms with Gasteiger partial charge in [-0.2, -0.15) is 5.10 Å². The van der Waals surface area contributed by atoms with Crippen molar-refractivity contribution >= 4 is 27.5 Å². The first kappa shape index (κ1) is 17.2. The van der Waals surface area contributed by atoms with Crippen LogP contribution in [0.2, 0.25) is 0 Å². The molecule has 3 heterocycles. The Morgan fingerprint density at radius 2 is 2.07 bits per heavy atom. The minimum Gasteiger partial charge on any atom is -0.456 e. The SMILES string of the molecule is Cc1nn(C)c2sc(C(=O)OCc3ccccc3Oc3cccnc3)cc12. The van der Waals surface area contributed by atoms with Crippen molar-refractivity contribution in [3.8, 4) is 11.5 Å². The van der Waals surface area contributed by atoms with E-state index in [0.29, 0.717) is 16.4 Å². The number of esters is 1. The highest BCUT2D eigenvalue weighted by atomic mass is 32.1. The van der Waals surface area contributed by atoms with Crippen LogP contribution in [0.1, 0.15) is 20.9 Å². The van der Waals surface area contributed by atoms with Crippen molar-refractivity contribution in [2.75, 3.05) is 0 Å². The monoisotopic (exact) mass is 379 g/mol. The van der Waals surface area contributed by atoms with E-state index < -0.39 is 0 Å². The van der Waals surface area contributed by atoms with E-state index >= 15 is 0 Å². The van der Waals surface area contributed by atoms with E-state index in [4.69, 9.17) is 9.47 Å². The third-order valence-electron chi connectivity index (χ3n) is 4.09. The summed E-state index contributed by atoms with van der Waals surface area (Å²) in [5.41, 5.74) is 1.69. The summed E-state index contributed by atoms with van der Waals surface area (Å²) in [6.45, 7) is 2.05. The van der Waals surface area contributed by atoms with Crippen LogP contribution in [0, 0.1) is 6.92 Å². The van der Waals surface area contributed by atoms with Gasteiger partial charge in [0, 0.05) is 24.2 Å². The van der Waals surface area contributed by atoms with Gasteiger partial charge in [-0.05, 0) is 31.2 Å². The first-order chi connectivity index (χ1) is 13.1. The van der Waals surface area contributed by atoms with Crippen LogP contribution in [0.25, 0.3) is 10.2 Å². The summed E-state index contributed by atoms with van der Waals surface area (Å²) in [6, 6.07) is 12.9. The molecule has 0 bridgehead atoms. The number of pyridine rings is 1. The summed E-state index contributed by atoms with van der Waals surface area (Å²) in [7, 11) is 1.87. The lowest BCUT2D eigenvalue weighted by atomic mass is 10.2. The van der Waals surface area contributed by atoms with E-state index in [0.717, 1.165) is 21.5 Å². The van der Waals surface area contributed by atoms with Gasteiger partial charge in [-0.15, -0.1) is 11.3 Å². The van der Waals surface area contributed by atoms with Crippen LogP contribution in [0.3, 0.4) is 0 Å². The van der Waals surface area contributed by atoms with Gasteiger partial charge in [-0.25, -0.2) is 4.79 Å². The predicted molar refractivity (Wildman–Crippen MR) is 103 cm³/mol. The van der Waals surface area contributed by atoms with Crippen LogP contribution in [0.4, 0.5) is 0 Å². The third-order valence-corrected chi connectivity index (χ3v) is 5.27. The Balaban J connectivity index is 1.49. The number of hydrogen-bond acceptors (Lipinski definition) is 6.